The number of nitrogens with zero attached hydrogens (tertiary/aromatic N) is 2. The number of amides is 1. The Morgan fingerprint density at radius 3 is 2.56 bits per heavy atom. The van der Waals surface area contributed by atoms with Gasteiger partial charge in [0.05, 0.1) is 6.42 Å². The summed E-state index contributed by atoms with van der Waals surface area (Å²) in [7, 11) is 0. The molecule has 0 bridgehead atoms. The van der Waals surface area contributed by atoms with Crippen LogP contribution in [0.3, 0.4) is 0 Å². The first-order chi connectivity index (χ1) is 11.8. The second kappa shape index (κ2) is 8.27. The number of aromatic nitrogens is 2. The predicted octanol–water partition coefficient (Wildman–Crippen LogP) is 2.69. The zero-order valence-electron chi connectivity index (χ0n) is 14.4. The Labute approximate surface area is 145 Å². The van der Waals surface area contributed by atoms with Gasteiger partial charge in [0.1, 0.15) is 5.60 Å². The lowest BCUT2D eigenvalue weighted by atomic mass is 10.2. The second-order valence-corrected chi connectivity index (χ2v) is 6.21. The van der Waals surface area contributed by atoms with Crippen LogP contribution in [0.4, 0.5) is 4.79 Å². The van der Waals surface area contributed by atoms with Crippen molar-refractivity contribution in [3.8, 4) is 11.5 Å². The predicted molar refractivity (Wildman–Crippen MR) is 88.4 cm³/mol. The van der Waals surface area contributed by atoms with E-state index in [9.17, 15) is 9.59 Å². The van der Waals surface area contributed by atoms with E-state index < -0.39 is 17.7 Å². The number of benzene rings is 1. The Hall–Kier alpha value is -2.90. The number of hydrogen-bond donors (Lipinski definition) is 1. The van der Waals surface area contributed by atoms with Crippen LogP contribution in [0.25, 0.3) is 11.5 Å². The maximum absolute atomic E-state index is 11.7. The summed E-state index contributed by atoms with van der Waals surface area (Å²) in [5.74, 6) is 0.0704. The Bertz CT molecular complexity index is 707. The van der Waals surface area contributed by atoms with E-state index in [1.54, 1.807) is 20.8 Å². The summed E-state index contributed by atoms with van der Waals surface area (Å²) in [5, 5.41) is 10.2. The molecule has 0 radical (unpaired) electrons. The fourth-order valence-electron chi connectivity index (χ4n) is 1.80. The summed E-state index contributed by atoms with van der Waals surface area (Å²) in [5.41, 5.74) is 0.202. The standard InChI is InChI=1S/C17H21N3O5/c1-17(2,3)25-16(22)18-10-9-14(21)23-11-13-19-20-15(24-13)12-7-5-4-6-8-12/h4-8H,9-11H2,1-3H3,(H,18,22). The summed E-state index contributed by atoms with van der Waals surface area (Å²) in [6.07, 6.45) is -0.566. The van der Waals surface area contributed by atoms with Gasteiger partial charge in [0.15, 0.2) is 6.61 Å². The van der Waals surface area contributed by atoms with Crippen molar-refractivity contribution in [3.05, 3.63) is 36.2 Å². The normalized spacial score (nSPS) is 11.0. The van der Waals surface area contributed by atoms with Crippen molar-refractivity contribution < 1.29 is 23.5 Å². The van der Waals surface area contributed by atoms with Crippen molar-refractivity contribution >= 4 is 12.1 Å². The highest BCUT2D eigenvalue weighted by atomic mass is 16.6. The highest BCUT2D eigenvalue weighted by Gasteiger charge is 2.16. The van der Waals surface area contributed by atoms with E-state index >= 15 is 0 Å². The Kier molecular flexibility index (Phi) is 6.10. The monoisotopic (exact) mass is 347 g/mol. The average molecular weight is 347 g/mol. The number of esters is 1. The van der Waals surface area contributed by atoms with Crippen LogP contribution in [0.2, 0.25) is 0 Å². The molecule has 0 spiro atoms. The Morgan fingerprint density at radius 1 is 1.16 bits per heavy atom. The van der Waals surface area contributed by atoms with Gasteiger partial charge in [-0.2, -0.15) is 0 Å². The van der Waals surface area contributed by atoms with Crippen LogP contribution in [0, 0.1) is 0 Å². The number of alkyl carbamates (subject to hydrolysis) is 1. The molecule has 1 N–H and O–H groups in total. The third-order valence-corrected chi connectivity index (χ3v) is 2.84. The molecule has 0 fully saturated rings. The summed E-state index contributed by atoms with van der Waals surface area (Å²) < 4.78 is 15.5. The highest BCUT2D eigenvalue weighted by Crippen LogP contribution is 2.17. The largest absolute Gasteiger partial charge is 0.456 e. The number of rotatable bonds is 6. The first kappa shape index (κ1) is 18.4. The summed E-state index contributed by atoms with van der Waals surface area (Å²) in [4.78, 5) is 23.1. The number of ether oxygens (including phenoxy) is 2. The van der Waals surface area contributed by atoms with Crippen LogP contribution in [0.15, 0.2) is 34.7 Å². The lowest BCUT2D eigenvalue weighted by Gasteiger charge is -2.19. The molecule has 0 aliphatic carbocycles. The van der Waals surface area contributed by atoms with E-state index in [1.165, 1.54) is 0 Å². The van der Waals surface area contributed by atoms with Crippen molar-refractivity contribution in [1.82, 2.24) is 15.5 Å². The number of carbonyl (C=O) groups excluding carboxylic acids is 2. The van der Waals surface area contributed by atoms with E-state index in [-0.39, 0.29) is 25.5 Å². The molecular weight excluding hydrogens is 326 g/mol. The number of carbonyl (C=O) groups is 2. The van der Waals surface area contributed by atoms with Crippen molar-refractivity contribution in [2.45, 2.75) is 39.4 Å². The van der Waals surface area contributed by atoms with Crippen molar-refractivity contribution in [2.24, 2.45) is 0 Å². The van der Waals surface area contributed by atoms with Gasteiger partial charge in [-0.3, -0.25) is 4.79 Å². The molecule has 1 aromatic heterocycles. The lowest BCUT2D eigenvalue weighted by Crippen LogP contribution is -2.33. The summed E-state index contributed by atoms with van der Waals surface area (Å²) >= 11 is 0. The highest BCUT2D eigenvalue weighted by molar-refractivity contribution is 5.71. The molecule has 134 valence electrons. The summed E-state index contributed by atoms with van der Waals surface area (Å²) in [6, 6.07) is 9.28. The zero-order valence-corrected chi connectivity index (χ0v) is 14.4. The minimum atomic E-state index is -0.584. The molecule has 0 saturated carbocycles. The van der Waals surface area contributed by atoms with Gasteiger partial charge >= 0.3 is 12.1 Å². The minimum absolute atomic E-state index is 0.0128. The molecule has 0 atom stereocenters. The van der Waals surface area contributed by atoms with Crippen molar-refractivity contribution in [1.29, 1.82) is 0 Å². The molecule has 0 aliphatic rings. The second-order valence-electron chi connectivity index (χ2n) is 6.21. The maximum Gasteiger partial charge on any atom is 0.407 e. The molecular formula is C17H21N3O5. The van der Waals surface area contributed by atoms with Gasteiger partial charge < -0.3 is 19.2 Å². The van der Waals surface area contributed by atoms with Crippen LogP contribution in [-0.4, -0.2) is 34.4 Å². The van der Waals surface area contributed by atoms with E-state index in [4.69, 9.17) is 13.9 Å². The average Bonchev–Trinajstić information content (AvgIpc) is 3.01. The molecule has 0 saturated heterocycles. The molecule has 8 heteroatoms. The molecule has 0 unspecified atom stereocenters. The summed E-state index contributed by atoms with van der Waals surface area (Å²) in [6.45, 7) is 5.27. The molecule has 25 heavy (non-hydrogen) atoms. The molecule has 0 aliphatic heterocycles. The third kappa shape index (κ3) is 6.62. The fraction of sp³-hybridized carbons (Fsp3) is 0.412. The van der Waals surface area contributed by atoms with Crippen LogP contribution >= 0.6 is 0 Å². The van der Waals surface area contributed by atoms with Crippen LogP contribution in [0.5, 0.6) is 0 Å². The smallest absolute Gasteiger partial charge is 0.407 e. The van der Waals surface area contributed by atoms with Gasteiger partial charge in [-0.25, -0.2) is 4.79 Å². The van der Waals surface area contributed by atoms with Crippen LogP contribution < -0.4 is 5.32 Å². The molecule has 1 heterocycles. The van der Waals surface area contributed by atoms with E-state index in [2.05, 4.69) is 15.5 Å². The minimum Gasteiger partial charge on any atom is -0.456 e. The molecule has 2 aromatic rings. The Morgan fingerprint density at radius 2 is 1.88 bits per heavy atom. The quantitative estimate of drug-likeness (QED) is 0.801. The first-order valence-electron chi connectivity index (χ1n) is 7.84. The topological polar surface area (TPSA) is 104 Å². The number of hydrogen-bond acceptors (Lipinski definition) is 7. The van der Waals surface area contributed by atoms with Crippen LogP contribution in [0.1, 0.15) is 33.1 Å². The van der Waals surface area contributed by atoms with Gasteiger partial charge in [-0.15, -0.1) is 10.2 Å². The molecule has 1 amide bonds. The lowest BCUT2D eigenvalue weighted by molar-refractivity contribution is -0.145. The molecule has 2 rings (SSSR count). The van der Waals surface area contributed by atoms with Gasteiger partial charge in [0.25, 0.3) is 5.89 Å². The maximum atomic E-state index is 11.7. The van der Waals surface area contributed by atoms with Gasteiger partial charge in [-0.05, 0) is 32.9 Å². The number of nitrogens with one attached hydrogen (secondary N) is 1. The van der Waals surface area contributed by atoms with E-state index in [0.717, 1.165) is 5.56 Å². The molecule has 1 aromatic carbocycles. The first-order valence-corrected chi connectivity index (χ1v) is 7.84. The third-order valence-electron chi connectivity index (χ3n) is 2.84. The fourth-order valence-corrected chi connectivity index (χ4v) is 1.80. The SMILES string of the molecule is CC(C)(C)OC(=O)NCCC(=O)OCc1nnc(-c2ccccc2)o1. The van der Waals surface area contributed by atoms with E-state index in [0.29, 0.717) is 5.89 Å². The van der Waals surface area contributed by atoms with Gasteiger partial charge in [-0.1, -0.05) is 18.2 Å². The zero-order chi connectivity index (χ0) is 18.3. The molecule has 8 nitrogen and oxygen atoms in total. The van der Waals surface area contributed by atoms with Gasteiger partial charge in [0, 0.05) is 12.1 Å². The Balaban J connectivity index is 1.70. The van der Waals surface area contributed by atoms with E-state index in [1.807, 2.05) is 30.3 Å². The van der Waals surface area contributed by atoms with Crippen molar-refractivity contribution in [2.75, 3.05) is 6.54 Å². The van der Waals surface area contributed by atoms with Gasteiger partial charge in [0.2, 0.25) is 5.89 Å². The van der Waals surface area contributed by atoms with Crippen molar-refractivity contribution in [3.63, 3.8) is 0 Å². The van der Waals surface area contributed by atoms with Crippen LogP contribution in [-0.2, 0) is 20.9 Å².